The minimum absolute atomic E-state index is 0. The summed E-state index contributed by atoms with van der Waals surface area (Å²) >= 11 is 0. The highest BCUT2D eigenvalue weighted by Gasteiger charge is 2.35. The van der Waals surface area contributed by atoms with E-state index in [4.69, 9.17) is 4.74 Å². The quantitative estimate of drug-likeness (QED) is 0.197. The SMILES string of the molecule is CC(C)(C)OC(=O)N1CCC(C(O)CC2c3ccccc3-c3cncn32)CC1.Cl.Cl.OC(CC1c2ccccc2-c2cncn21)C1CCNCC1. The van der Waals surface area contributed by atoms with E-state index < -0.39 is 11.7 Å². The maximum absolute atomic E-state index is 12.2. The lowest BCUT2D eigenvalue weighted by atomic mass is 9.86. The fourth-order valence-corrected chi connectivity index (χ4v) is 8.21. The van der Waals surface area contributed by atoms with Gasteiger partial charge in [-0.1, -0.05) is 48.5 Å². The molecule has 10 nitrogen and oxygen atoms in total. The molecular formula is C39H52Cl2N6O4. The number of benzene rings is 2. The highest BCUT2D eigenvalue weighted by Crippen LogP contribution is 2.43. The third kappa shape index (κ3) is 8.31. The first-order chi connectivity index (χ1) is 23.7. The zero-order valence-corrected chi connectivity index (χ0v) is 31.4. The molecule has 276 valence electrons. The van der Waals surface area contributed by atoms with E-state index >= 15 is 0 Å². The summed E-state index contributed by atoms with van der Waals surface area (Å²) < 4.78 is 9.85. The third-order valence-corrected chi connectivity index (χ3v) is 10.8. The van der Waals surface area contributed by atoms with Crippen molar-refractivity contribution in [1.29, 1.82) is 0 Å². The number of aromatic nitrogens is 4. The van der Waals surface area contributed by atoms with Gasteiger partial charge >= 0.3 is 6.09 Å². The highest BCUT2D eigenvalue weighted by molar-refractivity contribution is 5.85. The molecule has 2 aromatic carbocycles. The second kappa shape index (κ2) is 16.5. The Morgan fingerprint density at radius 2 is 1.24 bits per heavy atom. The van der Waals surface area contributed by atoms with Gasteiger partial charge in [-0.3, -0.25) is 0 Å². The molecule has 51 heavy (non-hydrogen) atoms. The molecule has 8 rings (SSSR count). The Labute approximate surface area is 313 Å². The predicted molar refractivity (Wildman–Crippen MR) is 203 cm³/mol. The molecular weight excluding hydrogens is 687 g/mol. The van der Waals surface area contributed by atoms with Gasteiger partial charge in [0, 0.05) is 24.2 Å². The number of imidazole rings is 2. The fourth-order valence-electron chi connectivity index (χ4n) is 8.21. The second-order valence-electron chi connectivity index (χ2n) is 15.1. The standard InChI is InChI=1S/C22H29N3O3.C17H21N3O.2ClH/c1-22(2,3)28-21(27)24-10-8-15(9-11-24)20(26)12-18-16-6-4-5-7-17(16)19-13-23-14-25(18)19;21-17(12-5-7-18-8-6-12)9-15-13-3-1-2-4-14(13)16-10-19-11-20(15)16;;/h4-7,13-15,18,20,26H,8-12H2,1-3H3;1-4,10-12,15,17-18,21H,5-9H2;2*1H. The van der Waals surface area contributed by atoms with Crippen LogP contribution in [-0.2, 0) is 4.74 Å². The number of fused-ring (bicyclic) bond motifs is 6. The number of ether oxygens (including phenoxy) is 1. The number of aliphatic hydroxyl groups excluding tert-OH is 2. The molecule has 2 fully saturated rings. The molecule has 12 heteroatoms. The van der Waals surface area contributed by atoms with E-state index in [9.17, 15) is 15.0 Å². The van der Waals surface area contributed by atoms with Crippen molar-refractivity contribution in [3.05, 3.63) is 84.7 Å². The number of nitrogens with one attached hydrogen (secondary N) is 1. The Morgan fingerprint density at radius 3 is 1.71 bits per heavy atom. The summed E-state index contributed by atoms with van der Waals surface area (Å²) in [6.07, 6.45) is 11.9. The number of hydrogen-bond acceptors (Lipinski definition) is 7. The summed E-state index contributed by atoms with van der Waals surface area (Å²) in [5.74, 6) is 0.615. The van der Waals surface area contributed by atoms with Crippen LogP contribution in [0, 0.1) is 11.8 Å². The van der Waals surface area contributed by atoms with Gasteiger partial charge in [-0.2, -0.15) is 0 Å². The average molecular weight is 740 g/mol. The van der Waals surface area contributed by atoms with E-state index in [1.54, 1.807) is 4.90 Å². The van der Waals surface area contributed by atoms with E-state index in [2.05, 4.69) is 66.9 Å². The molecule has 0 bridgehead atoms. The Bertz CT molecular complexity index is 1740. The molecule has 2 saturated heterocycles. The largest absolute Gasteiger partial charge is 0.444 e. The molecule has 4 unspecified atom stereocenters. The number of carbonyl (C=O) groups is 1. The van der Waals surface area contributed by atoms with Crippen LogP contribution < -0.4 is 5.32 Å². The first-order valence-corrected chi connectivity index (χ1v) is 17.9. The van der Waals surface area contributed by atoms with Crippen LogP contribution in [0.25, 0.3) is 22.5 Å². The number of hydrogen-bond donors (Lipinski definition) is 3. The monoisotopic (exact) mass is 738 g/mol. The maximum atomic E-state index is 12.2. The molecule has 0 aliphatic carbocycles. The van der Waals surface area contributed by atoms with Gasteiger partial charge in [0.25, 0.3) is 0 Å². The van der Waals surface area contributed by atoms with Gasteiger partial charge in [0.1, 0.15) is 5.60 Å². The van der Waals surface area contributed by atoms with E-state index in [1.807, 2.05) is 51.9 Å². The second-order valence-corrected chi connectivity index (χ2v) is 15.1. The van der Waals surface area contributed by atoms with Crippen molar-refractivity contribution in [1.82, 2.24) is 29.3 Å². The molecule has 6 heterocycles. The van der Waals surface area contributed by atoms with Gasteiger partial charge in [0.2, 0.25) is 0 Å². The minimum atomic E-state index is -0.480. The zero-order valence-electron chi connectivity index (χ0n) is 29.7. The minimum Gasteiger partial charge on any atom is -0.444 e. The predicted octanol–water partition coefficient (Wildman–Crippen LogP) is 6.90. The van der Waals surface area contributed by atoms with E-state index in [0.717, 1.165) is 50.9 Å². The lowest BCUT2D eigenvalue weighted by Crippen LogP contribution is -2.43. The number of amides is 1. The van der Waals surface area contributed by atoms with Gasteiger partial charge in [0.05, 0.1) is 60.7 Å². The van der Waals surface area contributed by atoms with Crippen molar-refractivity contribution < 1.29 is 19.7 Å². The van der Waals surface area contributed by atoms with Gasteiger partial charge < -0.3 is 34.3 Å². The molecule has 4 atom stereocenters. The fraction of sp³-hybridized carbons (Fsp3) is 0.513. The van der Waals surface area contributed by atoms with Gasteiger partial charge in [-0.15, -0.1) is 24.8 Å². The van der Waals surface area contributed by atoms with Gasteiger partial charge in [0.15, 0.2) is 0 Å². The number of halogens is 2. The summed E-state index contributed by atoms with van der Waals surface area (Å²) in [4.78, 5) is 22.6. The van der Waals surface area contributed by atoms with Gasteiger partial charge in [-0.25, -0.2) is 14.8 Å². The third-order valence-electron chi connectivity index (χ3n) is 10.8. The number of nitrogens with zero attached hydrogens (tertiary/aromatic N) is 5. The van der Waals surface area contributed by atoms with Crippen LogP contribution in [0.1, 0.15) is 82.5 Å². The van der Waals surface area contributed by atoms with Crippen LogP contribution in [0.15, 0.2) is 73.6 Å². The summed E-state index contributed by atoms with van der Waals surface area (Å²) in [7, 11) is 0. The molecule has 3 N–H and O–H groups in total. The van der Waals surface area contributed by atoms with E-state index in [-0.39, 0.29) is 55.0 Å². The van der Waals surface area contributed by atoms with Crippen LogP contribution in [0.4, 0.5) is 4.79 Å². The van der Waals surface area contributed by atoms with Crippen LogP contribution in [0.2, 0.25) is 0 Å². The number of rotatable bonds is 6. The van der Waals surface area contributed by atoms with Crippen LogP contribution in [0.3, 0.4) is 0 Å². The maximum Gasteiger partial charge on any atom is 0.410 e. The molecule has 0 radical (unpaired) electrons. The number of aliphatic hydroxyl groups is 2. The average Bonchev–Trinajstić information content (AvgIpc) is 3.89. The lowest BCUT2D eigenvalue weighted by molar-refractivity contribution is 0.00556. The number of likely N-dealkylation sites (tertiary alicyclic amines) is 1. The lowest BCUT2D eigenvalue weighted by Gasteiger charge is -2.35. The summed E-state index contributed by atoms with van der Waals surface area (Å²) in [5, 5.41) is 25.0. The first-order valence-electron chi connectivity index (χ1n) is 17.9. The Balaban J connectivity index is 0.000000197. The van der Waals surface area contributed by atoms with E-state index in [1.165, 1.54) is 27.9 Å². The van der Waals surface area contributed by atoms with Crippen molar-refractivity contribution >= 4 is 30.9 Å². The van der Waals surface area contributed by atoms with Crippen molar-refractivity contribution in [3.63, 3.8) is 0 Å². The summed E-state index contributed by atoms with van der Waals surface area (Å²) in [6, 6.07) is 17.2. The van der Waals surface area contributed by atoms with Crippen LogP contribution in [0.5, 0.6) is 0 Å². The highest BCUT2D eigenvalue weighted by atomic mass is 35.5. The Hall–Kier alpha value is -3.41. The topological polar surface area (TPSA) is 118 Å². The smallest absolute Gasteiger partial charge is 0.410 e. The van der Waals surface area contributed by atoms with Crippen molar-refractivity contribution in [2.75, 3.05) is 26.2 Å². The summed E-state index contributed by atoms with van der Waals surface area (Å²) in [5.41, 5.74) is 6.86. The molecule has 4 aromatic rings. The molecule has 0 saturated carbocycles. The van der Waals surface area contributed by atoms with E-state index in [0.29, 0.717) is 25.4 Å². The van der Waals surface area contributed by atoms with Crippen LogP contribution >= 0.6 is 24.8 Å². The normalized spacial score (nSPS) is 20.7. The Kier molecular flexibility index (Phi) is 12.6. The Morgan fingerprint density at radius 1 is 0.784 bits per heavy atom. The first kappa shape index (κ1) is 38.8. The molecule has 0 spiro atoms. The molecule has 4 aliphatic rings. The molecule has 2 aromatic heterocycles. The van der Waals surface area contributed by atoms with Crippen molar-refractivity contribution in [3.8, 4) is 22.5 Å². The van der Waals surface area contributed by atoms with Crippen LogP contribution in [-0.4, -0.2) is 84.3 Å². The van der Waals surface area contributed by atoms with Gasteiger partial charge in [-0.05, 0) is 95.3 Å². The zero-order chi connectivity index (χ0) is 34.1. The number of carbonyl (C=O) groups excluding carboxylic acids is 1. The molecule has 4 aliphatic heterocycles. The van der Waals surface area contributed by atoms with Crippen molar-refractivity contribution in [2.45, 2.75) is 89.2 Å². The molecule has 1 amide bonds. The van der Waals surface area contributed by atoms with Crippen molar-refractivity contribution in [2.24, 2.45) is 11.8 Å². The summed E-state index contributed by atoms with van der Waals surface area (Å²) in [6.45, 7) is 8.96. The number of piperidine rings is 2.